The number of ether oxygens (including phenoxy) is 2. The average Bonchev–Trinajstić information content (AvgIpc) is 3.20. The molecule has 4 rings (SSSR count). The minimum atomic E-state index is 0. The summed E-state index contributed by atoms with van der Waals surface area (Å²) in [6, 6.07) is 22.1. The molecule has 0 saturated carbocycles. The molecule has 0 aliphatic rings. The Labute approximate surface area is 193 Å². The summed E-state index contributed by atoms with van der Waals surface area (Å²) in [4.78, 5) is 3.33. The highest BCUT2D eigenvalue weighted by molar-refractivity contribution is 6.30. The van der Waals surface area contributed by atoms with Crippen LogP contribution in [-0.4, -0.2) is 18.6 Å². The van der Waals surface area contributed by atoms with Crippen LogP contribution in [0.4, 0.5) is 0 Å². The van der Waals surface area contributed by atoms with E-state index in [0.717, 1.165) is 47.2 Å². The maximum atomic E-state index is 5.93. The van der Waals surface area contributed by atoms with Crippen LogP contribution < -0.4 is 14.8 Å². The average molecular weight is 457 g/mol. The van der Waals surface area contributed by atoms with Crippen molar-refractivity contribution in [2.24, 2.45) is 0 Å². The van der Waals surface area contributed by atoms with Gasteiger partial charge in [0.2, 0.25) is 0 Å². The first kappa shape index (κ1) is 23.0. The summed E-state index contributed by atoms with van der Waals surface area (Å²) in [5.41, 5.74) is 4.74. The highest BCUT2D eigenvalue weighted by atomic mass is 35.5. The lowest BCUT2D eigenvalue weighted by molar-refractivity contribution is 0.284. The molecule has 1 aromatic heterocycles. The lowest BCUT2D eigenvalue weighted by Gasteiger charge is -2.13. The van der Waals surface area contributed by atoms with Gasteiger partial charge in [0, 0.05) is 28.7 Å². The van der Waals surface area contributed by atoms with Gasteiger partial charge in [-0.1, -0.05) is 48.0 Å². The summed E-state index contributed by atoms with van der Waals surface area (Å²) in [7, 11) is 1.67. The zero-order chi connectivity index (χ0) is 20.8. The van der Waals surface area contributed by atoms with Gasteiger partial charge >= 0.3 is 0 Å². The topological polar surface area (TPSA) is 46.3 Å². The molecule has 0 atom stereocenters. The molecule has 0 bridgehead atoms. The van der Waals surface area contributed by atoms with Gasteiger partial charge in [0.1, 0.15) is 6.61 Å². The van der Waals surface area contributed by atoms with Crippen molar-refractivity contribution in [3.8, 4) is 11.5 Å². The SMILES string of the molecule is COc1cc(CNCCc2c[nH]c3ccccc23)ccc1OCc1ccc(Cl)cc1.Cl. The fourth-order valence-electron chi connectivity index (χ4n) is 3.48. The molecule has 4 aromatic rings. The number of para-hydroxylation sites is 1. The van der Waals surface area contributed by atoms with E-state index in [9.17, 15) is 0 Å². The number of hydrogen-bond donors (Lipinski definition) is 2. The summed E-state index contributed by atoms with van der Waals surface area (Å²) in [6.07, 6.45) is 3.08. The Kier molecular flexibility index (Phi) is 8.24. The number of fused-ring (bicyclic) bond motifs is 1. The molecule has 0 spiro atoms. The first-order chi connectivity index (χ1) is 14.7. The van der Waals surface area contributed by atoms with Crippen molar-refractivity contribution < 1.29 is 9.47 Å². The monoisotopic (exact) mass is 456 g/mol. The van der Waals surface area contributed by atoms with E-state index in [-0.39, 0.29) is 12.4 Å². The fraction of sp³-hybridized carbons (Fsp3) is 0.200. The lowest BCUT2D eigenvalue weighted by Crippen LogP contribution is -2.16. The van der Waals surface area contributed by atoms with E-state index < -0.39 is 0 Å². The van der Waals surface area contributed by atoms with Gasteiger partial charge < -0.3 is 19.8 Å². The summed E-state index contributed by atoms with van der Waals surface area (Å²) in [5, 5.41) is 5.53. The van der Waals surface area contributed by atoms with Crippen LogP contribution in [-0.2, 0) is 19.6 Å². The number of methoxy groups -OCH3 is 1. The smallest absolute Gasteiger partial charge is 0.161 e. The third kappa shape index (κ3) is 5.95. The molecule has 6 heteroatoms. The van der Waals surface area contributed by atoms with Gasteiger partial charge in [-0.25, -0.2) is 0 Å². The number of nitrogens with one attached hydrogen (secondary N) is 2. The van der Waals surface area contributed by atoms with Crippen LogP contribution in [0.3, 0.4) is 0 Å². The van der Waals surface area contributed by atoms with Crippen LogP contribution in [0, 0.1) is 0 Å². The third-order valence-corrected chi connectivity index (χ3v) is 5.36. The summed E-state index contributed by atoms with van der Waals surface area (Å²) in [6.45, 7) is 2.14. The van der Waals surface area contributed by atoms with Crippen molar-refractivity contribution in [3.05, 3.63) is 94.6 Å². The van der Waals surface area contributed by atoms with E-state index in [1.54, 1.807) is 7.11 Å². The molecule has 4 nitrogen and oxygen atoms in total. The quantitative estimate of drug-likeness (QED) is 0.296. The number of aromatic amines is 1. The number of halogens is 2. The molecule has 0 fully saturated rings. The Morgan fingerprint density at radius 3 is 2.52 bits per heavy atom. The van der Waals surface area contributed by atoms with E-state index in [1.165, 1.54) is 16.5 Å². The van der Waals surface area contributed by atoms with Crippen molar-refractivity contribution in [2.45, 2.75) is 19.6 Å². The first-order valence-electron chi connectivity index (χ1n) is 10.0. The number of rotatable bonds is 9. The van der Waals surface area contributed by atoms with Crippen molar-refractivity contribution in [1.29, 1.82) is 0 Å². The minimum Gasteiger partial charge on any atom is -0.493 e. The molecule has 0 saturated heterocycles. The van der Waals surface area contributed by atoms with Gasteiger partial charge in [0.05, 0.1) is 7.11 Å². The molecule has 0 aliphatic heterocycles. The Morgan fingerprint density at radius 2 is 1.71 bits per heavy atom. The fourth-order valence-corrected chi connectivity index (χ4v) is 3.60. The number of hydrogen-bond acceptors (Lipinski definition) is 3. The second-order valence-electron chi connectivity index (χ2n) is 7.19. The van der Waals surface area contributed by atoms with E-state index >= 15 is 0 Å². The number of benzene rings is 3. The molecule has 2 N–H and O–H groups in total. The Bertz CT molecular complexity index is 1110. The Morgan fingerprint density at radius 1 is 0.935 bits per heavy atom. The van der Waals surface area contributed by atoms with Gasteiger partial charge in [-0.15, -0.1) is 12.4 Å². The van der Waals surface area contributed by atoms with Crippen molar-refractivity contribution in [2.75, 3.05) is 13.7 Å². The molecular weight excluding hydrogens is 431 g/mol. The summed E-state index contributed by atoms with van der Waals surface area (Å²) >= 11 is 5.93. The van der Waals surface area contributed by atoms with E-state index in [2.05, 4.69) is 46.8 Å². The van der Waals surface area contributed by atoms with Gasteiger partial charge in [-0.3, -0.25) is 0 Å². The van der Waals surface area contributed by atoms with Crippen LogP contribution in [0.1, 0.15) is 16.7 Å². The number of aromatic nitrogens is 1. The molecule has 0 radical (unpaired) electrons. The molecule has 1 heterocycles. The minimum absolute atomic E-state index is 0. The van der Waals surface area contributed by atoms with Crippen LogP contribution >= 0.6 is 24.0 Å². The highest BCUT2D eigenvalue weighted by Gasteiger charge is 2.07. The van der Waals surface area contributed by atoms with Gasteiger partial charge in [-0.2, -0.15) is 0 Å². The van der Waals surface area contributed by atoms with Crippen molar-refractivity contribution in [1.82, 2.24) is 10.3 Å². The predicted octanol–water partition coefficient (Wildman–Crippen LogP) is 6.16. The maximum Gasteiger partial charge on any atom is 0.161 e. The number of H-pyrrole nitrogens is 1. The van der Waals surface area contributed by atoms with Gasteiger partial charge in [-0.05, 0) is 60.0 Å². The Hall–Kier alpha value is -2.66. The Balaban J connectivity index is 0.00000272. The summed E-state index contributed by atoms with van der Waals surface area (Å²) in [5.74, 6) is 1.47. The zero-order valence-electron chi connectivity index (χ0n) is 17.4. The largest absolute Gasteiger partial charge is 0.493 e. The molecule has 0 unspecified atom stereocenters. The second kappa shape index (κ2) is 11.1. The van der Waals surface area contributed by atoms with Crippen molar-refractivity contribution >= 4 is 34.9 Å². The second-order valence-corrected chi connectivity index (χ2v) is 7.62. The predicted molar refractivity (Wildman–Crippen MR) is 130 cm³/mol. The van der Waals surface area contributed by atoms with Gasteiger partial charge in [0.25, 0.3) is 0 Å². The molecule has 0 amide bonds. The molecule has 3 aromatic carbocycles. The highest BCUT2D eigenvalue weighted by Crippen LogP contribution is 2.29. The summed E-state index contributed by atoms with van der Waals surface area (Å²) < 4.78 is 11.5. The maximum absolute atomic E-state index is 5.93. The van der Waals surface area contributed by atoms with E-state index in [1.807, 2.05) is 36.4 Å². The van der Waals surface area contributed by atoms with Crippen LogP contribution in [0.5, 0.6) is 11.5 Å². The first-order valence-corrected chi connectivity index (χ1v) is 10.4. The molecular formula is C25H26Cl2N2O2. The lowest BCUT2D eigenvalue weighted by atomic mass is 10.1. The zero-order valence-corrected chi connectivity index (χ0v) is 18.9. The third-order valence-electron chi connectivity index (χ3n) is 5.11. The molecule has 0 aliphatic carbocycles. The standard InChI is InChI=1S/C25H25ClN2O2.ClH/c1-29-25-14-19(8-11-24(25)30-17-18-6-9-21(26)10-7-18)15-27-13-12-20-16-28-23-5-3-2-4-22(20)23;/h2-11,14,16,27-28H,12-13,15,17H2,1H3;1H. The van der Waals surface area contributed by atoms with E-state index in [4.69, 9.17) is 21.1 Å². The van der Waals surface area contributed by atoms with Crippen LogP contribution in [0.15, 0.2) is 72.9 Å². The van der Waals surface area contributed by atoms with E-state index in [0.29, 0.717) is 6.61 Å². The van der Waals surface area contributed by atoms with Crippen LogP contribution in [0.25, 0.3) is 10.9 Å². The van der Waals surface area contributed by atoms with Crippen molar-refractivity contribution in [3.63, 3.8) is 0 Å². The van der Waals surface area contributed by atoms with Crippen LogP contribution in [0.2, 0.25) is 5.02 Å². The van der Waals surface area contributed by atoms with Gasteiger partial charge in [0.15, 0.2) is 11.5 Å². The molecule has 31 heavy (non-hydrogen) atoms. The normalized spacial score (nSPS) is 10.6. The molecule has 162 valence electrons.